The molecule has 5 heteroatoms. The van der Waals surface area contributed by atoms with Crippen molar-refractivity contribution in [2.75, 3.05) is 0 Å². The maximum absolute atomic E-state index is 12.4. The van der Waals surface area contributed by atoms with Gasteiger partial charge < -0.3 is 10.8 Å². The van der Waals surface area contributed by atoms with Gasteiger partial charge in [-0.2, -0.15) is 0 Å². The fraction of sp³-hybridized carbons (Fsp3) is 0.611. The molecular weight excluding hydrogens is 308 g/mol. The summed E-state index contributed by atoms with van der Waals surface area (Å²) >= 11 is 5.30. The minimum Gasteiger partial charge on any atom is -0.480 e. The van der Waals surface area contributed by atoms with Crippen LogP contribution < -0.4 is 5.73 Å². The first-order valence-electron chi connectivity index (χ1n) is 8.49. The molecule has 0 saturated heterocycles. The van der Waals surface area contributed by atoms with Gasteiger partial charge in [0.2, 0.25) is 0 Å². The summed E-state index contributed by atoms with van der Waals surface area (Å²) in [6, 6.07) is 5.34. The minimum absolute atomic E-state index is 0.0349. The van der Waals surface area contributed by atoms with Gasteiger partial charge in [0.15, 0.2) is 5.41 Å². The predicted octanol–water partition coefficient (Wildman–Crippen LogP) is 3.69. The van der Waals surface area contributed by atoms with Crippen molar-refractivity contribution in [3.8, 4) is 0 Å². The SMILES string of the molecule is CCCC(C1CCCCC1)C(C(=O)O)(C(N)=S)c1ccccn1. The Labute approximate surface area is 143 Å². The van der Waals surface area contributed by atoms with Crippen molar-refractivity contribution in [1.82, 2.24) is 4.98 Å². The average Bonchev–Trinajstić information content (AvgIpc) is 2.56. The Balaban J connectivity index is 2.56. The van der Waals surface area contributed by atoms with Gasteiger partial charge >= 0.3 is 5.97 Å². The van der Waals surface area contributed by atoms with E-state index < -0.39 is 11.4 Å². The first-order valence-corrected chi connectivity index (χ1v) is 8.90. The third kappa shape index (κ3) is 3.39. The maximum Gasteiger partial charge on any atom is 0.323 e. The Kier molecular flexibility index (Phi) is 6.10. The van der Waals surface area contributed by atoms with Crippen LogP contribution in [0.4, 0.5) is 0 Å². The summed E-state index contributed by atoms with van der Waals surface area (Å²) in [6.07, 6.45) is 8.96. The Morgan fingerprint density at radius 1 is 1.43 bits per heavy atom. The van der Waals surface area contributed by atoms with Gasteiger partial charge in [-0.1, -0.05) is 63.7 Å². The van der Waals surface area contributed by atoms with Crippen LogP contribution in [0.2, 0.25) is 0 Å². The highest BCUT2D eigenvalue weighted by Gasteiger charge is 2.53. The van der Waals surface area contributed by atoms with Crippen LogP contribution in [0.1, 0.15) is 57.6 Å². The summed E-state index contributed by atoms with van der Waals surface area (Å²) in [4.78, 5) is 16.8. The quantitative estimate of drug-likeness (QED) is 0.744. The molecule has 0 radical (unpaired) electrons. The van der Waals surface area contributed by atoms with E-state index in [-0.39, 0.29) is 10.9 Å². The second-order valence-electron chi connectivity index (χ2n) is 6.49. The molecule has 4 nitrogen and oxygen atoms in total. The van der Waals surface area contributed by atoms with Crippen molar-refractivity contribution in [3.05, 3.63) is 30.1 Å². The molecule has 1 aliphatic carbocycles. The molecule has 0 bridgehead atoms. The van der Waals surface area contributed by atoms with E-state index in [0.29, 0.717) is 11.6 Å². The van der Waals surface area contributed by atoms with Crippen LogP contribution >= 0.6 is 12.2 Å². The van der Waals surface area contributed by atoms with Gasteiger partial charge in [-0.05, 0) is 30.4 Å². The van der Waals surface area contributed by atoms with E-state index in [1.54, 1.807) is 18.3 Å². The van der Waals surface area contributed by atoms with E-state index in [4.69, 9.17) is 18.0 Å². The lowest BCUT2D eigenvalue weighted by molar-refractivity contribution is -0.144. The number of aliphatic carboxylic acids is 1. The molecule has 2 atom stereocenters. The van der Waals surface area contributed by atoms with Crippen LogP contribution in [0.5, 0.6) is 0 Å². The third-order valence-corrected chi connectivity index (χ3v) is 5.49. The molecule has 126 valence electrons. The fourth-order valence-corrected chi connectivity index (χ4v) is 4.47. The molecule has 0 spiro atoms. The summed E-state index contributed by atoms with van der Waals surface area (Å²) in [5, 5.41) is 10.2. The van der Waals surface area contributed by atoms with Crippen molar-refractivity contribution < 1.29 is 9.90 Å². The molecule has 1 aromatic rings. The molecule has 1 aromatic heterocycles. The molecule has 23 heavy (non-hydrogen) atoms. The van der Waals surface area contributed by atoms with Crippen LogP contribution in [0.3, 0.4) is 0 Å². The third-order valence-electron chi connectivity index (χ3n) is 5.17. The number of nitrogens with zero attached hydrogens (tertiary/aromatic N) is 1. The molecule has 3 N–H and O–H groups in total. The summed E-state index contributed by atoms with van der Waals surface area (Å²) in [5.41, 5.74) is 5.16. The lowest BCUT2D eigenvalue weighted by Gasteiger charge is -2.42. The van der Waals surface area contributed by atoms with Gasteiger partial charge in [0, 0.05) is 6.20 Å². The van der Waals surface area contributed by atoms with E-state index in [1.165, 1.54) is 6.42 Å². The first kappa shape index (κ1) is 17.9. The summed E-state index contributed by atoms with van der Waals surface area (Å²) < 4.78 is 0. The second kappa shape index (κ2) is 7.86. The van der Waals surface area contributed by atoms with Gasteiger partial charge in [0.25, 0.3) is 0 Å². The van der Waals surface area contributed by atoms with E-state index in [2.05, 4.69) is 11.9 Å². The molecule has 2 rings (SSSR count). The van der Waals surface area contributed by atoms with Crippen LogP contribution in [0.25, 0.3) is 0 Å². The molecule has 0 aliphatic heterocycles. The summed E-state index contributed by atoms with van der Waals surface area (Å²) in [5.74, 6) is -0.728. The molecule has 2 unspecified atom stereocenters. The Hall–Kier alpha value is -1.49. The van der Waals surface area contributed by atoms with Crippen molar-refractivity contribution in [2.24, 2.45) is 17.6 Å². The second-order valence-corrected chi connectivity index (χ2v) is 6.93. The van der Waals surface area contributed by atoms with E-state index >= 15 is 0 Å². The molecule has 1 saturated carbocycles. The number of rotatable bonds is 7. The number of aromatic nitrogens is 1. The van der Waals surface area contributed by atoms with E-state index in [1.807, 2.05) is 6.07 Å². The van der Waals surface area contributed by atoms with Crippen LogP contribution in [0, 0.1) is 11.8 Å². The van der Waals surface area contributed by atoms with Crippen molar-refractivity contribution in [1.29, 1.82) is 0 Å². The molecule has 0 amide bonds. The molecule has 1 aliphatic rings. The highest BCUT2D eigenvalue weighted by Crippen LogP contribution is 2.44. The number of thiocarbonyl (C=S) groups is 1. The number of nitrogens with two attached hydrogens (primary N) is 1. The maximum atomic E-state index is 12.4. The van der Waals surface area contributed by atoms with Crippen molar-refractivity contribution >= 4 is 23.2 Å². The number of carbonyl (C=O) groups is 1. The fourth-order valence-electron chi connectivity index (χ4n) is 4.12. The van der Waals surface area contributed by atoms with Crippen molar-refractivity contribution in [3.63, 3.8) is 0 Å². The van der Waals surface area contributed by atoms with Crippen LogP contribution in [-0.4, -0.2) is 21.0 Å². The summed E-state index contributed by atoms with van der Waals surface area (Å²) in [6.45, 7) is 2.08. The highest BCUT2D eigenvalue weighted by molar-refractivity contribution is 7.80. The average molecular weight is 334 g/mol. The van der Waals surface area contributed by atoms with Gasteiger partial charge in [0.05, 0.1) is 10.7 Å². The van der Waals surface area contributed by atoms with Gasteiger partial charge in [0.1, 0.15) is 0 Å². The number of hydrogen-bond acceptors (Lipinski definition) is 3. The molecule has 1 heterocycles. The van der Waals surface area contributed by atoms with Crippen molar-refractivity contribution in [2.45, 2.75) is 57.3 Å². The lowest BCUT2D eigenvalue weighted by Crippen LogP contribution is -2.55. The smallest absolute Gasteiger partial charge is 0.323 e. The number of carboxylic acid groups (broad SMARTS) is 1. The Morgan fingerprint density at radius 3 is 2.61 bits per heavy atom. The zero-order valence-electron chi connectivity index (χ0n) is 13.7. The zero-order chi connectivity index (χ0) is 16.9. The number of hydrogen-bond donors (Lipinski definition) is 2. The van der Waals surface area contributed by atoms with Crippen LogP contribution in [0.15, 0.2) is 24.4 Å². The summed E-state index contributed by atoms with van der Waals surface area (Å²) in [7, 11) is 0. The first-order chi connectivity index (χ1) is 11.0. The number of carboxylic acids is 1. The van der Waals surface area contributed by atoms with Gasteiger partial charge in [-0.3, -0.25) is 9.78 Å². The van der Waals surface area contributed by atoms with E-state index in [9.17, 15) is 9.90 Å². The molecule has 0 aromatic carbocycles. The monoisotopic (exact) mass is 334 g/mol. The molecule has 1 fully saturated rings. The highest BCUT2D eigenvalue weighted by atomic mass is 32.1. The Bertz CT molecular complexity index is 527. The molecular formula is C18H26N2O2S. The van der Waals surface area contributed by atoms with E-state index in [0.717, 1.165) is 38.5 Å². The lowest BCUT2D eigenvalue weighted by atomic mass is 9.62. The standard InChI is InChI=1S/C18H26N2O2S/c1-2-8-14(13-9-4-3-5-10-13)18(16(19)23,17(21)22)15-11-6-7-12-20-15/h6-7,11-14H,2-5,8-10H2,1H3,(H2,19,23)(H,21,22). The Morgan fingerprint density at radius 2 is 2.13 bits per heavy atom. The number of pyridine rings is 1. The minimum atomic E-state index is -1.37. The predicted molar refractivity (Wildman–Crippen MR) is 95.3 cm³/mol. The normalized spacial score (nSPS) is 19.7. The largest absolute Gasteiger partial charge is 0.480 e. The van der Waals surface area contributed by atoms with Crippen LogP contribution in [-0.2, 0) is 10.2 Å². The zero-order valence-corrected chi connectivity index (χ0v) is 14.5. The van der Waals surface area contributed by atoms with Gasteiger partial charge in [-0.15, -0.1) is 0 Å². The van der Waals surface area contributed by atoms with Gasteiger partial charge in [-0.25, -0.2) is 0 Å². The topological polar surface area (TPSA) is 76.2 Å².